The Labute approximate surface area is 174 Å². The number of pyridine rings is 1. The minimum absolute atomic E-state index is 0.111. The molecule has 1 aromatic carbocycles. The zero-order valence-corrected chi connectivity index (χ0v) is 16.7. The Balaban J connectivity index is 1.44. The highest BCUT2D eigenvalue weighted by Crippen LogP contribution is 2.16. The summed E-state index contributed by atoms with van der Waals surface area (Å²) in [5.41, 5.74) is 1.88. The maximum absolute atomic E-state index is 12.0. The number of nitrogens with one attached hydrogen (secondary N) is 3. The third kappa shape index (κ3) is 6.28. The second kappa shape index (κ2) is 9.65. The summed E-state index contributed by atoms with van der Waals surface area (Å²) in [6, 6.07) is 13.4. The summed E-state index contributed by atoms with van der Waals surface area (Å²) >= 11 is 3.14. The zero-order chi connectivity index (χ0) is 20.6. The zero-order valence-electron chi connectivity index (χ0n) is 15.1. The highest BCUT2D eigenvalue weighted by molar-refractivity contribution is 9.10. The number of hydrogen-bond donors (Lipinski definition) is 3. The second-order valence-corrected chi connectivity index (χ2v) is 6.78. The molecule has 0 atom stereocenters. The Morgan fingerprint density at radius 3 is 2.38 bits per heavy atom. The molecule has 8 nitrogen and oxygen atoms in total. The van der Waals surface area contributed by atoms with Gasteiger partial charge in [0.25, 0.3) is 5.91 Å². The van der Waals surface area contributed by atoms with Crippen molar-refractivity contribution >= 4 is 45.0 Å². The smallest absolute Gasteiger partial charge is 0.291 e. The number of halogens is 1. The summed E-state index contributed by atoms with van der Waals surface area (Å²) in [7, 11) is 0. The van der Waals surface area contributed by atoms with Crippen molar-refractivity contribution in [1.82, 2.24) is 10.3 Å². The third-order valence-electron chi connectivity index (χ3n) is 3.76. The fraction of sp³-hybridized carbons (Fsp3) is 0.100. The van der Waals surface area contributed by atoms with Crippen LogP contribution in [0.3, 0.4) is 0 Å². The maximum atomic E-state index is 12.0. The van der Waals surface area contributed by atoms with Crippen molar-refractivity contribution in [2.75, 3.05) is 17.2 Å². The van der Waals surface area contributed by atoms with Crippen LogP contribution in [0.5, 0.6) is 0 Å². The summed E-state index contributed by atoms with van der Waals surface area (Å²) in [4.78, 5) is 39.8. The highest BCUT2D eigenvalue weighted by Gasteiger charge is 2.11. The maximum Gasteiger partial charge on any atom is 0.291 e. The Bertz CT molecular complexity index is 1000. The molecule has 3 amide bonds. The van der Waals surface area contributed by atoms with E-state index in [1.807, 2.05) is 0 Å². The number of aromatic nitrogens is 1. The van der Waals surface area contributed by atoms with E-state index in [1.165, 1.54) is 6.20 Å². The van der Waals surface area contributed by atoms with Crippen molar-refractivity contribution in [1.29, 1.82) is 0 Å². The molecule has 0 aliphatic heterocycles. The minimum Gasteiger partial charge on any atom is -0.444 e. The molecular formula is C20H17BrN4O4. The Morgan fingerprint density at radius 1 is 0.931 bits per heavy atom. The summed E-state index contributed by atoms with van der Waals surface area (Å²) in [6.07, 6.45) is 3.23. The molecule has 0 aliphatic rings. The van der Waals surface area contributed by atoms with Gasteiger partial charge in [-0.2, -0.15) is 0 Å². The number of amides is 3. The van der Waals surface area contributed by atoms with E-state index in [9.17, 15) is 14.4 Å². The van der Waals surface area contributed by atoms with E-state index in [4.69, 9.17) is 4.42 Å². The van der Waals surface area contributed by atoms with E-state index >= 15 is 0 Å². The molecule has 29 heavy (non-hydrogen) atoms. The summed E-state index contributed by atoms with van der Waals surface area (Å²) in [5, 5.41) is 7.90. The summed E-state index contributed by atoms with van der Waals surface area (Å²) < 4.78 is 5.66. The Morgan fingerprint density at radius 2 is 1.72 bits per heavy atom. The number of benzene rings is 1. The molecular weight excluding hydrogens is 440 g/mol. The molecule has 0 saturated carbocycles. The molecule has 2 heterocycles. The molecule has 3 rings (SSSR count). The first-order valence-corrected chi connectivity index (χ1v) is 9.41. The molecule has 0 fully saturated rings. The highest BCUT2D eigenvalue weighted by atomic mass is 79.9. The van der Waals surface area contributed by atoms with Crippen LogP contribution in [0, 0.1) is 0 Å². The standard InChI is InChI=1S/C20H17BrN4O4/c21-17-8-7-16(29-17)20(28)25-14-5-3-13(4-6-14)10-18(26)23-12-19(27)24-15-2-1-9-22-11-15/h1-9,11H,10,12H2,(H,23,26)(H,24,27)(H,25,28). The van der Waals surface area contributed by atoms with Crippen LogP contribution >= 0.6 is 15.9 Å². The Hall–Kier alpha value is -3.46. The van der Waals surface area contributed by atoms with Crippen LogP contribution in [0.15, 0.2) is 70.0 Å². The molecule has 148 valence electrons. The van der Waals surface area contributed by atoms with E-state index in [0.717, 1.165) is 5.56 Å². The van der Waals surface area contributed by atoms with E-state index in [-0.39, 0.29) is 36.4 Å². The van der Waals surface area contributed by atoms with Crippen molar-refractivity contribution in [3.8, 4) is 0 Å². The van der Waals surface area contributed by atoms with Gasteiger partial charge in [0.15, 0.2) is 10.4 Å². The monoisotopic (exact) mass is 456 g/mol. The SMILES string of the molecule is O=C(Cc1ccc(NC(=O)c2ccc(Br)o2)cc1)NCC(=O)Nc1cccnc1. The quantitative estimate of drug-likeness (QED) is 0.505. The van der Waals surface area contributed by atoms with Crippen LogP contribution in [0.2, 0.25) is 0 Å². The predicted molar refractivity (Wildman–Crippen MR) is 110 cm³/mol. The molecule has 0 saturated heterocycles. The van der Waals surface area contributed by atoms with Crippen LogP contribution in [-0.4, -0.2) is 29.3 Å². The molecule has 0 radical (unpaired) electrons. The molecule has 0 spiro atoms. The first-order chi connectivity index (χ1) is 14.0. The number of anilines is 2. The Kier molecular flexibility index (Phi) is 6.75. The van der Waals surface area contributed by atoms with Gasteiger partial charge in [-0.15, -0.1) is 0 Å². The molecule has 0 bridgehead atoms. The van der Waals surface area contributed by atoms with Gasteiger partial charge < -0.3 is 20.4 Å². The third-order valence-corrected chi connectivity index (χ3v) is 4.19. The van der Waals surface area contributed by atoms with Gasteiger partial charge in [0, 0.05) is 11.9 Å². The van der Waals surface area contributed by atoms with Crippen molar-refractivity contribution in [2.45, 2.75) is 6.42 Å². The lowest BCUT2D eigenvalue weighted by Gasteiger charge is -2.08. The van der Waals surface area contributed by atoms with Crippen molar-refractivity contribution in [3.05, 3.63) is 76.9 Å². The van der Waals surface area contributed by atoms with Crippen LogP contribution in [0.25, 0.3) is 0 Å². The lowest BCUT2D eigenvalue weighted by Crippen LogP contribution is -2.33. The van der Waals surface area contributed by atoms with Crippen molar-refractivity contribution in [3.63, 3.8) is 0 Å². The molecule has 3 aromatic rings. The van der Waals surface area contributed by atoms with Gasteiger partial charge in [0.2, 0.25) is 11.8 Å². The number of rotatable bonds is 7. The molecule has 0 aliphatic carbocycles. The van der Waals surface area contributed by atoms with Crippen LogP contribution < -0.4 is 16.0 Å². The first kappa shape index (κ1) is 20.3. The molecule has 3 N–H and O–H groups in total. The van der Waals surface area contributed by atoms with E-state index in [0.29, 0.717) is 16.0 Å². The van der Waals surface area contributed by atoms with E-state index < -0.39 is 0 Å². The topological polar surface area (TPSA) is 113 Å². The van der Waals surface area contributed by atoms with Crippen molar-refractivity contribution < 1.29 is 18.8 Å². The van der Waals surface area contributed by atoms with Gasteiger partial charge in [-0.1, -0.05) is 12.1 Å². The van der Waals surface area contributed by atoms with Crippen molar-refractivity contribution in [2.24, 2.45) is 0 Å². The van der Waals surface area contributed by atoms with Gasteiger partial charge in [-0.25, -0.2) is 0 Å². The lowest BCUT2D eigenvalue weighted by atomic mass is 10.1. The lowest BCUT2D eigenvalue weighted by molar-refractivity contribution is -0.123. The molecule has 2 aromatic heterocycles. The number of furan rings is 1. The normalized spacial score (nSPS) is 10.2. The van der Waals surface area contributed by atoms with Gasteiger partial charge in [0.05, 0.1) is 24.8 Å². The number of hydrogen-bond acceptors (Lipinski definition) is 5. The van der Waals surface area contributed by atoms with Gasteiger partial charge in [0.1, 0.15) is 0 Å². The van der Waals surface area contributed by atoms with Gasteiger partial charge >= 0.3 is 0 Å². The minimum atomic E-state index is -0.374. The van der Waals surface area contributed by atoms with E-state index in [2.05, 4.69) is 36.9 Å². The number of carbonyl (C=O) groups excluding carboxylic acids is 3. The molecule has 9 heteroatoms. The number of nitrogens with zero attached hydrogens (tertiary/aromatic N) is 1. The second-order valence-electron chi connectivity index (χ2n) is 6.00. The average Bonchev–Trinajstić information content (AvgIpc) is 3.15. The average molecular weight is 457 g/mol. The van der Waals surface area contributed by atoms with Gasteiger partial charge in [-0.3, -0.25) is 19.4 Å². The van der Waals surface area contributed by atoms with Crippen LogP contribution in [0.1, 0.15) is 16.1 Å². The fourth-order valence-electron chi connectivity index (χ4n) is 2.40. The van der Waals surface area contributed by atoms with Crippen LogP contribution in [-0.2, 0) is 16.0 Å². The fourth-order valence-corrected chi connectivity index (χ4v) is 2.71. The van der Waals surface area contributed by atoms with Crippen LogP contribution in [0.4, 0.5) is 11.4 Å². The van der Waals surface area contributed by atoms with E-state index in [1.54, 1.807) is 54.7 Å². The first-order valence-electron chi connectivity index (χ1n) is 8.62. The van der Waals surface area contributed by atoms with Gasteiger partial charge in [-0.05, 0) is 57.9 Å². The summed E-state index contributed by atoms with van der Waals surface area (Å²) in [6.45, 7) is -0.138. The summed E-state index contributed by atoms with van der Waals surface area (Å²) in [5.74, 6) is -0.816. The molecule has 0 unspecified atom stereocenters. The predicted octanol–water partition coefficient (Wildman–Crippen LogP) is 2.99. The largest absolute Gasteiger partial charge is 0.444 e. The number of carbonyl (C=O) groups is 3.